The van der Waals surface area contributed by atoms with E-state index in [9.17, 15) is 5.11 Å². The minimum atomic E-state index is -0.0798. The van der Waals surface area contributed by atoms with Crippen LogP contribution in [0.15, 0.2) is 0 Å². The van der Waals surface area contributed by atoms with Gasteiger partial charge >= 0.3 is 0 Å². The van der Waals surface area contributed by atoms with E-state index in [1.165, 1.54) is 109 Å². The normalized spacial score (nSPS) is 27.9. The lowest BCUT2D eigenvalue weighted by atomic mass is 9.67. The summed E-state index contributed by atoms with van der Waals surface area (Å²) in [7, 11) is 0. The fraction of sp³-hybridized carbons (Fsp3) is 1.00. The largest absolute Gasteiger partial charge is 0.393 e. The molecule has 0 amide bonds. The van der Waals surface area contributed by atoms with Gasteiger partial charge in [-0.1, -0.05) is 90.4 Å². The molecule has 3 rings (SSSR count). The third-order valence-electron chi connectivity index (χ3n) is 6.85. The monoisotopic (exact) mass is 366 g/mol. The Morgan fingerprint density at radius 1 is 0.692 bits per heavy atom. The first-order chi connectivity index (χ1) is 12.8. The molecule has 3 saturated carbocycles. The Kier molecular flexibility index (Phi) is 12.0. The van der Waals surface area contributed by atoms with Gasteiger partial charge in [-0.25, -0.2) is 0 Å². The van der Waals surface area contributed by atoms with Crippen LogP contribution in [0.3, 0.4) is 0 Å². The third kappa shape index (κ3) is 8.74. The second-order valence-electron chi connectivity index (χ2n) is 9.15. The molecule has 2 nitrogen and oxygen atoms in total. The first-order valence-electron chi connectivity index (χ1n) is 12.1. The second kappa shape index (κ2) is 14.0. The summed E-state index contributed by atoms with van der Waals surface area (Å²) in [5.74, 6) is 1.17. The van der Waals surface area contributed by atoms with E-state index in [1.54, 1.807) is 0 Å². The molecule has 0 spiro atoms. The summed E-state index contributed by atoms with van der Waals surface area (Å²) in [5, 5.41) is 10.1. The van der Waals surface area contributed by atoms with Gasteiger partial charge in [0.1, 0.15) is 0 Å². The number of ether oxygens (including phenoxy) is 1. The summed E-state index contributed by atoms with van der Waals surface area (Å²) < 4.78 is 6.13. The molecule has 2 heteroatoms. The van der Waals surface area contributed by atoms with Gasteiger partial charge < -0.3 is 9.84 Å². The van der Waals surface area contributed by atoms with Crippen molar-refractivity contribution < 1.29 is 9.84 Å². The van der Waals surface area contributed by atoms with E-state index in [-0.39, 0.29) is 6.10 Å². The van der Waals surface area contributed by atoms with Crippen LogP contribution in [0, 0.1) is 11.8 Å². The van der Waals surface area contributed by atoms with Crippen molar-refractivity contribution in [2.24, 2.45) is 11.8 Å². The lowest BCUT2D eigenvalue weighted by molar-refractivity contribution is -0.111. The summed E-state index contributed by atoms with van der Waals surface area (Å²) in [6, 6.07) is 0. The van der Waals surface area contributed by atoms with Crippen LogP contribution >= 0.6 is 0 Å². The quantitative estimate of drug-likeness (QED) is 0.297. The Labute approximate surface area is 163 Å². The first kappa shape index (κ1) is 22.2. The fourth-order valence-corrected chi connectivity index (χ4v) is 5.13. The van der Waals surface area contributed by atoms with Gasteiger partial charge in [-0.2, -0.15) is 0 Å². The summed E-state index contributed by atoms with van der Waals surface area (Å²) in [6.45, 7) is 3.21. The van der Waals surface area contributed by atoms with Gasteiger partial charge in [-0.3, -0.25) is 0 Å². The maximum atomic E-state index is 10.1. The molecule has 26 heavy (non-hydrogen) atoms. The maximum absolute atomic E-state index is 10.1. The summed E-state index contributed by atoms with van der Waals surface area (Å²) in [4.78, 5) is 0. The molecule has 0 saturated heterocycles. The minimum absolute atomic E-state index is 0.0798. The lowest BCUT2D eigenvalue weighted by Gasteiger charge is -2.45. The van der Waals surface area contributed by atoms with Crippen LogP contribution in [0.1, 0.15) is 122 Å². The third-order valence-corrected chi connectivity index (χ3v) is 6.85. The van der Waals surface area contributed by atoms with Gasteiger partial charge in [0.15, 0.2) is 0 Å². The maximum Gasteiger partial charge on any atom is 0.0630 e. The van der Waals surface area contributed by atoms with Crippen LogP contribution < -0.4 is 0 Å². The van der Waals surface area contributed by atoms with Crippen molar-refractivity contribution >= 4 is 0 Å². The predicted octanol–water partition coefficient (Wildman–Crippen LogP) is 7.03. The average Bonchev–Trinajstić information content (AvgIpc) is 2.65. The molecule has 0 aromatic heterocycles. The summed E-state index contributed by atoms with van der Waals surface area (Å²) in [6.07, 6.45) is 24.7. The molecule has 0 aromatic rings. The zero-order valence-electron chi connectivity index (χ0n) is 17.6. The highest BCUT2D eigenvalue weighted by atomic mass is 16.5. The molecular weight excluding hydrogens is 320 g/mol. The number of aliphatic hydroxyl groups excluding tert-OH is 1. The average molecular weight is 367 g/mol. The van der Waals surface area contributed by atoms with Gasteiger partial charge in [-0.15, -0.1) is 0 Å². The summed E-state index contributed by atoms with van der Waals surface area (Å²) in [5.41, 5.74) is 0. The Balaban J connectivity index is 1.30. The summed E-state index contributed by atoms with van der Waals surface area (Å²) >= 11 is 0. The molecule has 0 heterocycles. The highest BCUT2D eigenvalue weighted by Crippen LogP contribution is 2.42. The zero-order chi connectivity index (χ0) is 18.5. The van der Waals surface area contributed by atoms with Crippen LogP contribution in [0.4, 0.5) is 0 Å². The van der Waals surface area contributed by atoms with Crippen LogP contribution in [-0.4, -0.2) is 23.9 Å². The Hall–Kier alpha value is -0.0800. The van der Waals surface area contributed by atoms with Gasteiger partial charge in [0.25, 0.3) is 0 Å². The molecular formula is C24H46O2. The van der Waals surface area contributed by atoms with E-state index >= 15 is 0 Å². The van der Waals surface area contributed by atoms with E-state index in [2.05, 4.69) is 6.92 Å². The van der Waals surface area contributed by atoms with Crippen molar-refractivity contribution in [1.82, 2.24) is 0 Å². The zero-order valence-corrected chi connectivity index (χ0v) is 17.6. The van der Waals surface area contributed by atoms with Crippen molar-refractivity contribution in [3.8, 4) is 0 Å². The smallest absolute Gasteiger partial charge is 0.0630 e. The lowest BCUT2D eigenvalue weighted by Crippen LogP contribution is -2.45. The van der Waals surface area contributed by atoms with E-state index in [0.29, 0.717) is 12.0 Å². The number of aliphatic hydroxyl groups is 1. The molecule has 0 aromatic carbocycles. The Morgan fingerprint density at radius 3 is 1.73 bits per heavy atom. The van der Waals surface area contributed by atoms with Gasteiger partial charge in [-0.05, 0) is 38.0 Å². The van der Waals surface area contributed by atoms with E-state index < -0.39 is 0 Å². The van der Waals surface area contributed by atoms with Crippen molar-refractivity contribution in [2.45, 2.75) is 135 Å². The number of unbranched alkanes of at least 4 members (excludes halogenated alkanes) is 13. The Morgan fingerprint density at radius 2 is 1.23 bits per heavy atom. The van der Waals surface area contributed by atoms with Crippen molar-refractivity contribution in [3.63, 3.8) is 0 Å². The SMILES string of the molecule is CCCCCCCCCCCCCCCCOC1CC2CCC1C(O)C2. The molecule has 3 fully saturated rings. The Bertz CT molecular complexity index is 330. The standard InChI is InChI=1S/C24H46O2/c1-2-3-4-5-6-7-8-9-10-11-12-13-14-15-18-26-24-20-21-16-17-22(24)23(25)19-21/h21-25H,2-20H2,1H3. The van der Waals surface area contributed by atoms with E-state index in [4.69, 9.17) is 4.74 Å². The van der Waals surface area contributed by atoms with Crippen LogP contribution in [-0.2, 0) is 4.74 Å². The number of fused-ring (bicyclic) bond motifs is 3. The number of rotatable bonds is 16. The molecule has 0 radical (unpaired) electrons. The fourth-order valence-electron chi connectivity index (χ4n) is 5.13. The molecule has 4 atom stereocenters. The minimum Gasteiger partial charge on any atom is -0.393 e. The molecule has 154 valence electrons. The van der Waals surface area contributed by atoms with Crippen LogP contribution in [0.2, 0.25) is 0 Å². The highest BCUT2D eigenvalue weighted by Gasteiger charge is 2.41. The molecule has 0 aliphatic heterocycles. The topological polar surface area (TPSA) is 29.5 Å². The van der Waals surface area contributed by atoms with Crippen molar-refractivity contribution in [2.75, 3.05) is 6.61 Å². The highest BCUT2D eigenvalue weighted by molar-refractivity contribution is 4.92. The van der Waals surface area contributed by atoms with Crippen molar-refractivity contribution in [1.29, 1.82) is 0 Å². The molecule has 3 aliphatic rings. The van der Waals surface area contributed by atoms with Crippen molar-refractivity contribution in [3.05, 3.63) is 0 Å². The van der Waals surface area contributed by atoms with Crippen LogP contribution in [0.5, 0.6) is 0 Å². The first-order valence-corrected chi connectivity index (χ1v) is 12.1. The molecule has 4 unspecified atom stereocenters. The van der Waals surface area contributed by atoms with E-state index in [1.807, 2.05) is 0 Å². The van der Waals surface area contributed by atoms with Crippen LogP contribution in [0.25, 0.3) is 0 Å². The molecule has 2 bridgehead atoms. The van der Waals surface area contributed by atoms with Gasteiger partial charge in [0.05, 0.1) is 12.2 Å². The number of hydrogen-bond acceptors (Lipinski definition) is 2. The number of hydrogen-bond donors (Lipinski definition) is 1. The van der Waals surface area contributed by atoms with E-state index in [0.717, 1.165) is 18.9 Å². The second-order valence-corrected chi connectivity index (χ2v) is 9.15. The van der Waals surface area contributed by atoms with Gasteiger partial charge in [0, 0.05) is 12.5 Å². The van der Waals surface area contributed by atoms with Gasteiger partial charge in [0.2, 0.25) is 0 Å². The molecule has 1 N–H and O–H groups in total. The predicted molar refractivity (Wildman–Crippen MR) is 112 cm³/mol. The molecule has 3 aliphatic carbocycles.